The van der Waals surface area contributed by atoms with Crippen molar-refractivity contribution in [3.05, 3.63) is 101 Å². The molecule has 0 unspecified atom stereocenters. The standard InChI is InChI=1S/C8H13O.3C6H5.Sn/c1-2-3-4-5-6-7-8-9;3*1-2-4-6-5-3-1;/h6,8H,2-5H2,1H3;3*1-5H;. The van der Waals surface area contributed by atoms with Gasteiger partial charge in [-0.1, -0.05) is 0 Å². The van der Waals surface area contributed by atoms with E-state index in [9.17, 15) is 4.79 Å². The van der Waals surface area contributed by atoms with E-state index >= 15 is 0 Å². The van der Waals surface area contributed by atoms with Crippen LogP contribution >= 0.6 is 0 Å². The number of aldehydes is 1. The summed E-state index contributed by atoms with van der Waals surface area (Å²) in [6.45, 7) is 2.21. The molecule has 0 aliphatic rings. The summed E-state index contributed by atoms with van der Waals surface area (Å²) in [4.78, 5) is 12.5. The fourth-order valence-electron chi connectivity index (χ4n) is 4.01. The summed E-state index contributed by atoms with van der Waals surface area (Å²) in [5, 5.41) is 0. The number of carbonyl (C=O) groups is 1. The van der Waals surface area contributed by atoms with Crippen molar-refractivity contribution in [1.82, 2.24) is 0 Å². The molecule has 1 nitrogen and oxygen atoms in total. The third kappa shape index (κ3) is 4.30. The summed E-state index contributed by atoms with van der Waals surface area (Å²) in [6, 6.07) is 32.1. The first-order chi connectivity index (χ1) is 13.8. The number of unbranched alkanes of at least 4 members (excludes halogenated alkanes) is 3. The Morgan fingerprint density at radius 1 is 0.714 bits per heavy atom. The number of hydrogen-bond donors (Lipinski definition) is 0. The van der Waals surface area contributed by atoms with Crippen molar-refractivity contribution in [2.45, 2.75) is 32.6 Å². The monoisotopic (exact) mass is 476 g/mol. The number of rotatable bonds is 9. The van der Waals surface area contributed by atoms with Gasteiger partial charge in [-0.3, -0.25) is 0 Å². The molecular formula is C26H28OSn. The van der Waals surface area contributed by atoms with Crippen molar-refractivity contribution in [2.24, 2.45) is 0 Å². The summed E-state index contributed by atoms with van der Waals surface area (Å²) >= 11 is -3.65. The number of hydrogen-bond acceptors (Lipinski definition) is 1. The number of carbonyl (C=O) groups excluding carboxylic acids is 1. The first kappa shape index (κ1) is 20.6. The summed E-state index contributed by atoms with van der Waals surface area (Å²) in [7, 11) is 0. The van der Waals surface area contributed by atoms with Gasteiger partial charge in [-0.15, -0.1) is 0 Å². The van der Waals surface area contributed by atoms with Crippen LogP contribution in [0.25, 0.3) is 0 Å². The molecule has 3 rings (SSSR count). The number of benzene rings is 3. The van der Waals surface area contributed by atoms with Crippen LogP contribution in [0.3, 0.4) is 0 Å². The zero-order valence-corrected chi connectivity index (χ0v) is 19.4. The molecule has 0 spiro atoms. The molecule has 0 aromatic heterocycles. The second-order valence-electron chi connectivity index (χ2n) is 7.12. The van der Waals surface area contributed by atoms with Crippen molar-refractivity contribution in [2.75, 3.05) is 0 Å². The SMILES string of the molecule is CCCCC/C=[C](/C=O)[Sn]([c]1ccccc1)([c]1ccccc1)[c]1ccccc1. The Morgan fingerprint density at radius 3 is 1.50 bits per heavy atom. The molecule has 3 aromatic rings. The van der Waals surface area contributed by atoms with Gasteiger partial charge in [0.1, 0.15) is 0 Å². The Labute approximate surface area is 173 Å². The van der Waals surface area contributed by atoms with Gasteiger partial charge in [-0.25, -0.2) is 0 Å². The van der Waals surface area contributed by atoms with Crippen LogP contribution in [0.15, 0.2) is 101 Å². The molecule has 0 saturated heterocycles. The molecule has 0 atom stereocenters. The van der Waals surface area contributed by atoms with E-state index in [1.54, 1.807) is 0 Å². The molecule has 2 heteroatoms. The van der Waals surface area contributed by atoms with Crippen LogP contribution < -0.4 is 10.7 Å². The van der Waals surface area contributed by atoms with Gasteiger partial charge in [-0.05, 0) is 0 Å². The zero-order chi connectivity index (χ0) is 19.7. The molecule has 3 aromatic carbocycles. The van der Waals surface area contributed by atoms with Crippen LogP contribution in [-0.2, 0) is 4.79 Å². The van der Waals surface area contributed by atoms with Crippen molar-refractivity contribution in [3.63, 3.8) is 0 Å². The van der Waals surface area contributed by atoms with Crippen molar-refractivity contribution in [3.8, 4) is 0 Å². The Hall–Kier alpha value is -2.13. The van der Waals surface area contributed by atoms with E-state index in [0.29, 0.717) is 0 Å². The van der Waals surface area contributed by atoms with Crippen LogP contribution in [-0.4, -0.2) is 24.7 Å². The molecule has 0 fully saturated rings. The van der Waals surface area contributed by atoms with Gasteiger partial charge in [0, 0.05) is 0 Å². The molecule has 0 heterocycles. The zero-order valence-electron chi connectivity index (χ0n) is 16.6. The number of allylic oxidation sites excluding steroid dienone is 2. The summed E-state index contributed by atoms with van der Waals surface area (Å²) in [5.41, 5.74) is 0. The second-order valence-corrected chi connectivity index (χ2v) is 18.0. The molecule has 0 aliphatic heterocycles. The van der Waals surface area contributed by atoms with Crippen LogP contribution in [0.4, 0.5) is 0 Å². The summed E-state index contributed by atoms with van der Waals surface area (Å²) < 4.78 is 4.99. The van der Waals surface area contributed by atoms with E-state index in [0.717, 1.165) is 22.7 Å². The van der Waals surface area contributed by atoms with E-state index < -0.39 is 18.4 Å². The molecule has 28 heavy (non-hydrogen) atoms. The van der Waals surface area contributed by atoms with Gasteiger partial charge in [0.15, 0.2) is 0 Å². The van der Waals surface area contributed by atoms with Crippen LogP contribution in [0.2, 0.25) is 0 Å². The Kier molecular flexibility index (Phi) is 7.67. The topological polar surface area (TPSA) is 17.1 Å². The minimum absolute atomic E-state index is 0.965. The average molecular weight is 475 g/mol. The van der Waals surface area contributed by atoms with E-state index in [-0.39, 0.29) is 0 Å². The van der Waals surface area contributed by atoms with E-state index in [2.05, 4.69) is 104 Å². The van der Waals surface area contributed by atoms with E-state index in [1.807, 2.05) is 0 Å². The predicted octanol–water partition coefficient (Wildman–Crippen LogP) is 4.40. The molecule has 0 aliphatic carbocycles. The first-order valence-corrected chi connectivity index (χ1v) is 15.9. The third-order valence-electron chi connectivity index (χ3n) is 5.35. The second kappa shape index (κ2) is 10.4. The minimum atomic E-state index is -3.65. The maximum atomic E-state index is 12.5. The molecule has 0 saturated carbocycles. The van der Waals surface area contributed by atoms with Crippen LogP contribution in [0.1, 0.15) is 32.6 Å². The maximum absolute atomic E-state index is 12.5. The summed E-state index contributed by atoms with van der Waals surface area (Å²) in [6.07, 6.45) is 7.88. The van der Waals surface area contributed by atoms with Crippen LogP contribution in [0.5, 0.6) is 0 Å². The fourth-order valence-corrected chi connectivity index (χ4v) is 17.4. The van der Waals surface area contributed by atoms with Crippen molar-refractivity contribution < 1.29 is 4.79 Å². The Morgan fingerprint density at radius 2 is 1.14 bits per heavy atom. The van der Waals surface area contributed by atoms with Crippen molar-refractivity contribution >= 4 is 35.4 Å². The van der Waals surface area contributed by atoms with Gasteiger partial charge in [0.05, 0.1) is 0 Å². The molecule has 0 radical (unpaired) electrons. The molecule has 142 valence electrons. The normalized spacial score (nSPS) is 12.0. The quantitative estimate of drug-likeness (QED) is 0.194. The van der Waals surface area contributed by atoms with Gasteiger partial charge in [-0.2, -0.15) is 0 Å². The molecule has 0 bridgehead atoms. The van der Waals surface area contributed by atoms with E-state index in [1.165, 1.54) is 23.6 Å². The summed E-state index contributed by atoms with van der Waals surface area (Å²) in [5.74, 6) is 0. The van der Waals surface area contributed by atoms with Gasteiger partial charge in [0.2, 0.25) is 0 Å². The Balaban J connectivity index is 2.29. The van der Waals surface area contributed by atoms with Gasteiger partial charge < -0.3 is 0 Å². The fraction of sp³-hybridized carbons (Fsp3) is 0.192. The van der Waals surface area contributed by atoms with Gasteiger partial charge in [0.25, 0.3) is 0 Å². The third-order valence-corrected chi connectivity index (χ3v) is 19.0. The van der Waals surface area contributed by atoms with Crippen LogP contribution in [0, 0.1) is 0 Å². The molecule has 0 N–H and O–H groups in total. The van der Waals surface area contributed by atoms with Crippen molar-refractivity contribution in [1.29, 1.82) is 0 Å². The van der Waals surface area contributed by atoms with Gasteiger partial charge >= 0.3 is 173 Å². The Bertz CT molecular complexity index is 789. The molecule has 0 amide bonds. The average Bonchev–Trinajstić information content (AvgIpc) is 2.78. The van der Waals surface area contributed by atoms with E-state index in [4.69, 9.17) is 0 Å². The first-order valence-electron chi connectivity index (χ1n) is 10.2. The predicted molar refractivity (Wildman–Crippen MR) is 122 cm³/mol. The molecular weight excluding hydrogens is 447 g/mol.